The quantitative estimate of drug-likeness (QED) is 0.254. The summed E-state index contributed by atoms with van der Waals surface area (Å²) in [5.74, 6) is 1.87. The van der Waals surface area contributed by atoms with E-state index in [1.807, 2.05) is 0 Å². The van der Waals surface area contributed by atoms with Crippen molar-refractivity contribution in [3.05, 3.63) is 127 Å². The lowest BCUT2D eigenvalue weighted by Gasteiger charge is -2.15. The molecule has 0 bridgehead atoms. The van der Waals surface area contributed by atoms with Crippen LogP contribution in [0.3, 0.4) is 0 Å². The van der Waals surface area contributed by atoms with Gasteiger partial charge in [-0.15, -0.1) is 0 Å². The summed E-state index contributed by atoms with van der Waals surface area (Å²) in [6, 6.07) is 45.2. The van der Waals surface area contributed by atoms with Crippen LogP contribution in [-0.2, 0) is 0 Å². The van der Waals surface area contributed by atoms with Gasteiger partial charge >= 0.3 is 0 Å². The minimum Gasteiger partial charge on any atom is -0.294 e. The number of aromatic nitrogens is 3. The highest BCUT2D eigenvalue weighted by atomic mass is 15.1. The molecule has 0 aliphatic rings. The fourth-order valence-corrected chi connectivity index (χ4v) is 5.77. The van der Waals surface area contributed by atoms with E-state index in [0.29, 0.717) is 0 Å². The first-order valence-corrected chi connectivity index (χ1v) is 12.3. The largest absolute Gasteiger partial charge is 0.294 e. The number of rotatable bonds is 2. The van der Waals surface area contributed by atoms with Gasteiger partial charge in [-0.05, 0) is 35.7 Å². The molecule has 36 heavy (non-hydrogen) atoms. The second kappa shape index (κ2) is 7.30. The van der Waals surface area contributed by atoms with Crippen molar-refractivity contribution in [3.8, 4) is 11.6 Å². The second-order valence-corrected chi connectivity index (χ2v) is 9.26. The zero-order valence-corrected chi connectivity index (χ0v) is 19.5. The SMILES string of the molecule is c1ccc2c(-n3c4ccccc4c4ccccc43)nc(-n3c4ccccc4c4ccccc43)cc2c1. The molecule has 5 aromatic carbocycles. The van der Waals surface area contributed by atoms with Gasteiger partial charge in [0.15, 0.2) is 0 Å². The van der Waals surface area contributed by atoms with Crippen LogP contribution in [0.25, 0.3) is 66.0 Å². The van der Waals surface area contributed by atoms with Crippen molar-refractivity contribution < 1.29 is 0 Å². The smallest absolute Gasteiger partial charge is 0.148 e. The predicted molar refractivity (Wildman–Crippen MR) is 150 cm³/mol. The highest BCUT2D eigenvalue weighted by Crippen LogP contribution is 2.36. The van der Waals surface area contributed by atoms with Crippen molar-refractivity contribution in [1.82, 2.24) is 14.1 Å². The number of hydrogen-bond acceptors (Lipinski definition) is 1. The summed E-state index contributed by atoms with van der Waals surface area (Å²) in [4.78, 5) is 5.41. The molecule has 0 fully saturated rings. The van der Waals surface area contributed by atoms with Crippen molar-refractivity contribution >= 4 is 54.4 Å². The van der Waals surface area contributed by atoms with Crippen LogP contribution in [0.5, 0.6) is 0 Å². The third-order valence-corrected chi connectivity index (χ3v) is 7.31. The second-order valence-electron chi connectivity index (χ2n) is 9.26. The first-order chi connectivity index (χ1) is 17.9. The van der Waals surface area contributed by atoms with Crippen LogP contribution in [0.4, 0.5) is 0 Å². The zero-order valence-electron chi connectivity index (χ0n) is 19.5. The Hall–Kier alpha value is -4.89. The molecular weight excluding hydrogens is 438 g/mol. The van der Waals surface area contributed by atoms with Crippen molar-refractivity contribution in [1.29, 1.82) is 0 Å². The van der Waals surface area contributed by atoms with Gasteiger partial charge in [-0.3, -0.25) is 9.13 Å². The number of nitrogens with zero attached hydrogens (tertiary/aromatic N) is 3. The molecule has 3 aromatic heterocycles. The molecule has 168 valence electrons. The van der Waals surface area contributed by atoms with Crippen LogP contribution >= 0.6 is 0 Å². The Balaban J connectivity index is 1.55. The van der Waals surface area contributed by atoms with Crippen LogP contribution in [-0.4, -0.2) is 14.1 Å². The first kappa shape index (κ1) is 19.4. The molecule has 0 unspecified atom stereocenters. The standard InChI is InChI=1S/C33H21N3/c1-2-12-23-22(11-1)21-32(35-28-17-7-3-13-24(28)25-14-4-8-18-29(25)35)34-33(23)36-30-19-9-5-15-26(30)27-16-6-10-20-31(27)36/h1-21H. The number of hydrogen-bond donors (Lipinski definition) is 0. The molecule has 3 heterocycles. The third-order valence-electron chi connectivity index (χ3n) is 7.31. The molecule has 0 N–H and O–H groups in total. The summed E-state index contributed by atoms with van der Waals surface area (Å²) in [7, 11) is 0. The van der Waals surface area contributed by atoms with E-state index in [9.17, 15) is 0 Å². The van der Waals surface area contributed by atoms with Crippen molar-refractivity contribution in [2.75, 3.05) is 0 Å². The van der Waals surface area contributed by atoms with E-state index in [-0.39, 0.29) is 0 Å². The van der Waals surface area contributed by atoms with Crippen LogP contribution in [0.15, 0.2) is 127 Å². The molecule has 8 rings (SSSR count). The van der Waals surface area contributed by atoms with E-state index >= 15 is 0 Å². The monoisotopic (exact) mass is 459 g/mol. The van der Waals surface area contributed by atoms with Gasteiger partial charge in [-0.1, -0.05) is 97.1 Å². The van der Waals surface area contributed by atoms with Gasteiger partial charge in [0.1, 0.15) is 11.6 Å². The molecule has 0 atom stereocenters. The summed E-state index contributed by atoms with van der Waals surface area (Å²) in [6.07, 6.45) is 0. The Morgan fingerprint density at radius 1 is 0.389 bits per heavy atom. The fourth-order valence-electron chi connectivity index (χ4n) is 5.77. The topological polar surface area (TPSA) is 22.8 Å². The van der Waals surface area contributed by atoms with Crippen LogP contribution in [0.2, 0.25) is 0 Å². The number of benzene rings is 5. The molecule has 0 saturated carbocycles. The van der Waals surface area contributed by atoms with E-state index in [4.69, 9.17) is 4.98 Å². The van der Waals surface area contributed by atoms with Crippen LogP contribution in [0.1, 0.15) is 0 Å². The number of fused-ring (bicyclic) bond motifs is 7. The van der Waals surface area contributed by atoms with Crippen LogP contribution < -0.4 is 0 Å². The lowest BCUT2D eigenvalue weighted by Crippen LogP contribution is -2.04. The normalized spacial score (nSPS) is 11.9. The van der Waals surface area contributed by atoms with E-state index < -0.39 is 0 Å². The molecular formula is C33H21N3. The first-order valence-electron chi connectivity index (χ1n) is 12.3. The number of pyridine rings is 1. The Morgan fingerprint density at radius 3 is 1.28 bits per heavy atom. The Bertz CT molecular complexity index is 2000. The van der Waals surface area contributed by atoms with Gasteiger partial charge in [0, 0.05) is 26.9 Å². The molecule has 3 heteroatoms. The summed E-state index contributed by atoms with van der Waals surface area (Å²) in [5, 5.41) is 7.25. The highest BCUT2D eigenvalue weighted by molar-refractivity contribution is 6.11. The Kier molecular flexibility index (Phi) is 3.94. The maximum Gasteiger partial charge on any atom is 0.148 e. The number of para-hydroxylation sites is 4. The van der Waals surface area contributed by atoms with E-state index in [2.05, 4.69) is 137 Å². The average Bonchev–Trinajstić information content (AvgIpc) is 3.46. The van der Waals surface area contributed by atoms with Gasteiger partial charge in [0.2, 0.25) is 0 Å². The summed E-state index contributed by atoms with van der Waals surface area (Å²) >= 11 is 0. The van der Waals surface area contributed by atoms with Gasteiger partial charge in [-0.2, -0.15) is 0 Å². The molecule has 0 aliphatic carbocycles. The molecule has 0 radical (unpaired) electrons. The molecule has 8 aromatic rings. The van der Waals surface area contributed by atoms with E-state index in [0.717, 1.165) is 39.1 Å². The van der Waals surface area contributed by atoms with Crippen LogP contribution in [0, 0.1) is 0 Å². The van der Waals surface area contributed by atoms with Gasteiger partial charge in [-0.25, -0.2) is 4.98 Å². The summed E-state index contributed by atoms with van der Waals surface area (Å²) in [5.41, 5.74) is 4.65. The maximum atomic E-state index is 5.41. The molecule has 0 saturated heterocycles. The Morgan fingerprint density at radius 2 is 0.778 bits per heavy atom. The van der Waals surface area contributed by atoms with Gasteiger partial charge in [0.05, 0.1) is 22.1 Å². The zero-order chi connectivity index (χ0) is 23.6. The van der Waals surface area contributed by atoms with E-state index in [1.54, 1.807) is 0 Å². The summed E-state index contributed by atoms with van der Waals surface area (Å²) < 4.78 is 4.62. The molecule has 0 aliphatic heterocycles. The van der Waals surface area contributed by atoms with Crippen molar-refractivity contribution in [2.24, 2.45) is 0 Å². The van der Waals surface area contributed by atoms with Gasteiger partial charge < -0.3 is 0 Å². The predicted octanol–water partition coefficient (Wildman–Crippen LogP) is 8.43. The lowest BCUT2D eigenvalue weighted by atomic mass is 10.1. The Labute approximate surface area is 207 Å². The molecule has 0 spiro atoms. The molecule has 0 amide bonds. The summed E-state index contributed by atoms with van der Waals surface area (Å²) in [6.45, 7) is 0. The molecule has 3 nitrogen and oxygen atoms in total. The fraction of sp³-hybridized carbons (Fsp3) is 0. The highest BCUT2D eigenvalue weighted by Gasteiger charge is 2.18. The lowest BCUT2D eigenvalue weighted by molar-refractivity contribution is 1.03. The van der Waals surface area contributed by atoms with Crippen molar-refractivity contribution in [2.45, 2.75) is 0 Å². The van der Waals surface area contributed by atoms with Crippen molar-refractivity contribution in [3.63, 3.8) is 0 Å². The minimum absolute atomic E-state index is 0.919. The average molecular weight is 460 g/mol. The van der Waals surface area contributed by atoms with E-state index in [1.165, 1.54) is 26.9 Å². The third kappa shape index (κ3) is 2.60. The maximum absolute atomic E-state index is 5.41. The minimum atomic E-state index is 0.919. The van der Waals surface area contributed by atoms with Gasteiger partial charge in [0.25, 0.3) is 0 Å².